The lowest BCUT2D eigenvalue weighted by atomic mass is 10.2. The Morgan fingerprint density at radius 3 is 2.95 bits per heavy atom. The van der Waals surface area contributed by atoms with E-state index in [1.807, 2.05) is 14.0 Å². The van der Waals surface area contributed by atoms with Crippen LogP contribution in [0.5, 0.6) is 0 Å². The minimum Gasteiger partial charge on any atom is -0.478 e. The van der Waals surface area contributed by atoms with Crippen LogP contribution >= 0.6 is 0 Å². The number of halogens is 1. The van der Waals surface area contributed by atoms with Crippen molar-refractivity contribution in [1.29, 1.82) is 0 Å². The fraction of sp³-hybridized carbons (Fsp3) is 0.538. The van der Waals surface area contributed by atoms with Crippen molar-refractivity contribution < 1.29 is 14.3 Å². The molecular formula is C13H18FN3O2. The normalized spacial score (nSPS) is 16.4. The van der Waals surface area contributed by atoms with Gasteiger partial charge in [-0.3, -0.25) is 4.90 Å². The standard InChI is InChI=1S/C13H18FN3O2/c1-8(17(2)9-3-4-9)7-16-12-11(14)10(13(18)19)5-6-15-12/h5-6,8-9H,3-4,7H2,1-2H3,(H,15,16)(H,18,19). The Morgan fingerprint density at radius 2 is 2.37 bits per heavy atom. The van der Waals surface area contributed by atoms with Gasteiger partial charge in [-0.15, -0.1) is 0 Å². The second-order valence-corrected chi connectivity index (χ2v) is 4.95. The van der Waals surface area contributed by atoms with Crippen molar-refractivity contribution in [1.82, 2.24) is 9.88 Å². The maximum Gasteiger partial charge on any atom is 0.338 e. The van der Waals surface area contributed by atoms with E-state index in [1.165, 1.54) is 19.0 Å². The van der Waals surface area contributed by atoms with Crippen LogP contribution in [-0.2, 0) is 0 Å². The second-order valence-electron chi connectivity index (χ2n) is 4.95. The van der Waals surface area contributed by atoms with Crippen molar-refractivity contribution in [2.24, 2.45) is 0 Å². The van der Waals surface area contributed by atoms with E-state index in [1.54, 1.807) is 0 Å². The molecule has 2 N–H and O–H groups in total. The number of carbonyl (C=O) groups is 1. The van der Waals surface area contributed by atoms with Crippen LogP contribution in [0.2, 0.25) is 0 Å². The third-order valence-corrected chi connectivity index (χ3v) is 3.50. The van der Waals surface area contributed by atoms with Crippen LogP contribution in [0, 0.1) is 5.82 Å². The SMILES string of the molecule is CC(CNc1nccc(C(=O)O)c1F)N(C)C1CC1. The fourth-order valence-corrected chi connectivity index (χ4v) is 1.96. The summed E-state index contributed by atoms with van der Waals surface area (Å²) in [4.78, 5) is 16.9. The molecule has 1 heterocycles. The number of hydrogen-bond acceptors (Lipinski definition) is 4. The molecule has 0 aromatic carbocycles. The Morgan fingerprint density at radius 1 is 1.68 bits per heavy atom. The maximum atomic E-state index is 13.8. The van der Waals surface area contributed by atoms with Gasteiger partial charge < -0.3 is 10.4 Å². The maximum absolute atomic E-state index is 13.8. The molecule has 6 heteroatoms. The molecule has 1 aromatic heterocycles. The zero-order valence-corrected chi connectivity index (χ0v) is 11.1. The number of aromatic carboxylic acids is 1. The summed E-state index contributed by atoms with van der Waals surface area (Å²) >= 11 is 0. The monoisotopic (exact) mass is 267 g/mol. The molecule has 0 saturated heterocycles. The van der Waals surface area contributed by atoms with E-state index in [2.05, 4.69) is 15.2 Å². The highest BCUT2D eigenvalue weighted by atomic mass is 19.1. The average molecular weight is 267 g/mol. The number of nitrogens with one attached hydrogen (secondary N) is 1. The van der Waals surface area contributed by atoms with Crippen LogP contribution in [0.3, 0.4) is 0 Å². The zero-order valence-electron chi connectivity index (χ0n) is 11.1. The summed E-state index contributed by atoms with van der Waals surface area (Å²) in [7, 11) is 2.04. The molecule has 1 unspecified atom stereocenters. The molecule has 2 rings (SSSR count). The smallest absolute Gasteiger partial charge is 0.338 e. The van der Waals surface area contributed by atoms with Crippen LogP contribution in [0.15, 0.2) is 12.3 Å². The number of hydrogen-bond donors (Lipinski definition) is 2. The van der Waals surface area contributed by atoms with Crippen LogP contribution < -0.4 is 5.32 Å². The summed E-state index contributed by atoms with van der Waals surface area (Å²) in [5, 5.41) is 11.7. The van der Waals surface area contributed by atoms with Gasteiger partial charge in [0.1, 0.15) is 5.56 Å². The molecule has 0 spiro atoms. The Bertz CT molecular complexity index is 477. The van der Waals surface area contributed by atoms with Crippen molar-refractivity contribution in [2.45, 2.75) is 31.8 Å². The predicted octanol–water partition coefficient (Wildman–Crippen LogP) is 1.81. The number of carboxylic acid groups (broad SMARTS) is 1. The van der Waals surface area contributed by atoms with Crippen LogP contribution in [-0.4, -0.2) is 46.6 Å². The highest BCUT2D eigenvalue weighted by molar-refractivity contribution is 5.88. The second kappa shape index (κ2) is 5.52. The Kier molecular flexibility index (Phi) is 3.99. The molecular weight excluding hydrogens is 249 g/mol. The molecule has 1 aromatic rings. The molecule has 0 bridgehead atoms. The molecule has 1 saturated carbocycles. The van der Waals surface area contributed by atoms with Crippen molar-refractivity contribution in [2.75, 3.05) is 18.9 Å². The van der Waals surface area contributed by atoms with Gasteiger partial charge in [-0.2, -0.15) is 0 Å². The minimum absolute atomic E-state index is 0.00375. The highest BCUT2D eigenvalue weighted by Gasteiger charge is 2.29. The highest BCUT2D eigenvalue weighted by Crippen LogP contribution is 2.27. The first kappa shape index (κ1) is 13.7. The number of nitrogens with zero attached hydrogens (tertiary/aromatic N) is 2. The van der Waals surface area contributed by atoms with E-state index in [4.69, 9.17) is 5.11 Å². The van der Waals surface area contributed by atoms with Gasteiger partial charge in [0.15, 0.2) is 11.6 Å². The minimum atomic E-state index is -1.29. The molecule has 0 radical (unpaired) electrons. The fourth-order valence-electron chi connectivity index (χ4n) is 1.96. The lowest BCUT2D eigenvalue weighted by Crippen LogP contribution is -2.36. The van der Waals surface area contributed by atoms with Gasteiger partial charge in [-0.1, -0.05) is 0 Å². The molecule has 1 aliphatic rings. The van der Waals surface area contributed by atoms with Gasteiger partial charge >= 0.3 is 5.97 Å². The molecule has 5 nitrogen and oxygen atoms in total. The van der Waals surface area contributed by atoms with Crippen molar-refractivity contribution in [3.05, 3.63) is 23.6 Å². The largest absolute Gasteiger partial charge is 0.478 e. The van der Waals surface area contributed by atoms with Gasteiger partial charge in [0.25, 0.3) is 0 Å². The summed E-state index contributed by atoms with van der Waals surface area (Å²) in [5.74, 6) is -2.10. The van der Waals surface area contributed by atoms with E-state index in [9.17, 15) is 9.18 Å². The average Bonchev–Trinajstić information content (AvgIpc) is 3.20. The van der Waals surface area contributed by atoms with E-state index >= 15 is 0 Å². The molecule has 19 heavy (non-hydrogen) atoms. The predicted molar refractivity (Wildman–Crippen MR) is 69.9 cm³/mol. The summed E-state index contributed by atoms with van der Waals surface area (Å²) in [5.41, 5.74) is -0.360. The van der Waals surface area contributed by atoms with E-state index in [0.29, 0.717) is 12.6 Å². The molecule has 1 aliphatic carbocycles. The lowest BCUT2D eigenvalue weighted by molar-refractivity contribution is 0.0692. The molecule has 1 fully saturated rings. The number of carboxylic acids is 1. The molecule has 104 valence electrons. The topological polar surface area (TPSA) is 65.5 Å². The number of pyridine rings is 1. The first-order chi connectivity index (χ1) is 9.00. The number of likely N-dealkylation sites (N-methyl/N-ethyl adjacent to an activating group) is 1. The van der Waals surface area contributed by atoms with Crippen molar-refractivity contribution in [3.63, 3.8) is 0 Å². The summed E-state index contributed by atoms with van der Waals surface area (Å²) < 4.78 is 13.8. The first-order valence-electron chi connectivity index (χ1n) is 6.34. The Hall–Kier alpha value is -1.69. The summed E-state index contributed by atoms with van der Waals surface area (Å²) in [6.45, 7) is 2.57. The third-order valence-electron chi connectivity index (χ3n) is 3.50. The first-order valence-corrected chi connectivity index (χ1v) is 6.34. The van der Waals surface area contributed by atoms with Gasteiger partial charge in [-0.05, 0) is 32.9 Å². The van der Waals surface area contributed by atoms with Gasteiger partial charge in [-0.25, -0.2) is 14.2 Å². The third kappa shape index (κ3) is 3.20. The van der Waals surface area contributed by atoms with Crippen molar-refractivity contribution >= 4 is 11.8 Å². The van der Waals surface area contributed by atoms with E-state index in [0.717, 1.165) is 6.07 Å². The van der Waals surface area contributed by atoms with Gasteiger partial charge in [0, 0.05) is 24.8 Å². The van der Waals surface area contributed by atoms with Crippen LogP contribution in [0.25, 0.3) is 0 Å². The van der Waals surface area contributed by atoms with E-state index < -0.39 is 11.8 Å². The van der Waals surface area contributed by atoms with Crippen LogP contribution in [0.4, 0.5) is 10.2 Å². The van der Waals surface area contributed by atoms with E-state index in [-0.39, 0.29) is 17.4 Å². The van der Waals surface area contributed by atoms with Gasteiger partial charge in [0.2, 0.25) is 0 Å². The Balaban J connectivity index is 1.99. The number of anilines is 1. The Labute approximate surface area is 111 Å². The quantitative estimate of drug-likeness (QED) is 0.823. The summed E-state index contributed by atoms with van der Waals surface area (Å²) in [6.07, 6.45) is 3.72. The molecule has 1 atom stereocenters. The number of aromatic nitrogens is 1. The molecule has 0 aliphatic heterocycles. The lowest BCUT2D eigenvalue weighted by Gasteiger charge is -2.24. The zero-order chi connectivity index (χ0) is 14.0. The number of rotatable bonds is 6. The molecule has 0 amide bonds. The van der Waals surface area contributed by atoms with Crippen LogP contribution in [0.1, 0.15) is 30.1 Å². The van der Waals surface area contributed by atoms with Gasteiger partial charge in [0.05, 0.1) is 0 Å². The van der Waals surface area contributed by atoms with Crippen molar-refractivity contribution in [3.8, 4) is 0 Å². The summed E-state index contributed by atoms with van der Waals surface area (Å²) in [6, 6.07) is 2.02.